The molecule has 2 rings (SSSR count). The predicted octanol–water partition coefficient (Wildman–Crippen LogP) is 2.84. The van der Waals surface area contributed by atoms with E-state index in [1.807, 2.05) is 7.05 Å². The summed E-state index contributed by atoms with van der Waals surface area (Å²) in [6.07, 6.45) is 8.27. The Balaban J connectivity index is 0.00000180. The van der Waals surface area contributed by atoms with E-state index in [0.29, 0.717) is 17.9 Å². The molecule has 1 N–H and O–H groups in total. The van der Waals surface area contributed by atoms with Crippen LogP contribution < -0.4 is 5.32 Å². The highest BCUT2D eigenvalue weighted by Crippen LogP contribution is 2.32. The van der Waals surface area contributed by atoms with Crippen molar-refractivity contribution >= 4 is 18.3 Å². The van der Waals surface area contributed by atoms with Gasteiger partial charge in [0.05, 0.1) is 0 Å². The highest BCUT2D eigenvalue weighted by atomic mass is 35.5. The quantitative estimate of drug-likeness (QED) is 0.866. The molecule has 0 aromatic heterocycles. The second-order valence-corrected chi connectivity index (χ2v) is 6.06. The minimum Gasteiger partial charge on any atom is -0.342 e. The average Bonchev–Trinajstić information content (AvgIpc) is 2.47. The molecule has 2 aliphatic rings. The summed E-state index contributed by atoms with van der Waals surface area (Å²) in [5.41, 5.74) is 0. The van der Waals surface area contributed by atoms with Crippen molar-refractivity contribution in [3.8, 4) is 0 Å². The Labute approximate surface area is 123 Å². The molecule has 2 fully saturated rings. The number of carbonyl (C=O) groups is 1. The maximum atomic E-state index is 12.5. The molecule has 0 spiro atoms. The molecule has 1 amide bonds. The van der Waals surface area contributed by atoms with E-state index in [1.54, 1.807) is 0 Å². The van der Waals surface area contributed by atoms with Gasteiger partial charge in [-0.1, -0.05) is 13.3 Å². The van der Waals surface area contributed by atoms with Gasteiger partial charge < -0.3 is 10.2 Å². The Morgan fingerprint density at radius 2 is 1.68 bits per heavy atom. The van der Waals surface area contributed by atoms with Crippen molar-refractivity contribution in [3.05, 3.63) is 0 Å². The van der Waals surface area contributed by atoms with Gasteiger partial charge in [0, 0.05) is 19.0 Å². The smallest absolute Gasteiger partial charge is 0.225 e. The molecule has 0 aromatic rings. The van der Waals surface area contributed by atoms with Gasteiger partial charge in [-0.15, -0.1) is 12.4 Å². The van der Waals surface area contributed by atoms with E-state index in [9.17, 15) is 4.79 Å². The van der Waals surface area contributed by atoms with Crippen molar-refractivity contribution in [1.82, 2.24) is 10.2 Å². The number of carbonyl (C=O) groups excluding carboxylic acids is 1. The van der Waals surface area contributed by atoms with Crippen molar-refractivity contribution in [2.75, 3.05) is 20.1 Å². The van der Waals surface area contributed by atoms with Gasteiger partial charge in [-0.3, -0.25) is 4.79 Å². The van der Waals surface area contributed by atoms with Crippen LogP contribution in [-0.2, 0) is 4.79 Å². The molecule has 112 valence electrons. The highest BCUT2D eigenvalue weighted by Gasteiger charge is 2.30. The molecule has 0 atom stereocenters. The van der Waals surface area contributed by atoms with Crippen LogP contribution in [0.4, 0.5) is 0 Å². The third-order valence-corrected chi connectivity index (χ3v) is 4.98. The number of halogens is 1. The van der Waals surface area contributed by atoms with Gasteiger partial charge in [-0.05, 0) is 57.5 Å². The van der Waals surface area contributed by atoms with Crippen LogP contribution in [0.15, 0.2) is 0 Å². The monoisotopic (exact) mass is 288 g/mol. The van der Waals surface area contributed by atoms with Crippen LogP contribution in [0.1, 0.15) is 51.9 Å². The second-order valence-electron chi connectivity index (χ2n) is 6.06. The summed E-state index contributed by atoms with van der Waals surface area (Å²) >= 11 is 0. The Bertz CT molecular complexity index is 271. The van der Waals surface area contributed by atoms with E-state index in [1.165, 1.54) is 19.3 Å². The van der Waals surface area contributed by atoms with Crippen molar-refractivity contribution in [3.63, 3.8) is 0 Å². The lowest BCUT2D eigenvalue weighted by molar-refractivity contribution is -0.138. The van der Waals surface area contributed by atoms with Crippen molar-refractivity contribution in [2.45, 2.75) is 57.9 Å². The molecule has 1 saturated carbocycles. The molecule has 19 heavy (non-hydrogen) atoms. The van der Waals surface area contributed by atoms with Gasteiger partial charge in [0.15, 0.2) is 0 Å². The molecule has 1 saturated heterocycles. The van der Waals surface area contributed by atoms with E-state index in [-0.39, 0.29) is 12.4 Å². The van der Waals surface area contributed by atoms with Crippen molar-refractivity contribution in [1.29, 1.82) is 0 Å². The standard InChI is InChI=1S/C15H28N2O.ClH/c1-3-12-4-6-13(7-5-12)15(18)17(2)14-8-10-16-11-9-14;/h12-14,16H,3-11H2,1-2H3;1H. The van der Waals surface area contributed by atoms with Gasteiger partial charge in [-0.2, -0.15) is 0 Å². The minimum absolute atomic E-state index is 0. The summed E-state index contributed by atoms with van der Waals surface area (Å²) in [7, 11) is 2.02. The van der Waals surface area contributed by atoms with Gasteiger partial charge in [-0.25, -0.2) is 0 Å². The van der Waals surface area contributed by atoms with Gasteiger partial charge in [0.1, 0.15) is 0 Å². The molecular formula is C15H29ClN2O. The number of piperidine rings is 1. The first kappa shape index (κ1) is 16.8. The fraction of sp³-hybridized carbons (Fsp3) is 0.933. The number of rotatable bonds is 3. The summed E-state index contributed by atoms with van der Waals surface area (Å²) in [5, 5.41) is 3.36. The fourth-order valence-corrected chi connectivity index (χ4v) is 3.48. The first-order valence-electron chi connectivity index (χ1n) is 7.69. The SMILES string of the molecule is CCC1CCC(C(=O)N(C)C2CCNCC2)CC1.Cl. The summed E-state index contributed by atoms with van der Waals surface area (Å²) < 4.78 is 0. The van der Waals surface area contributed by atoms with Crippen LogP contribution in [0.25, 0.3) is 0 Å². The summed E-state index contributed by atoms with van der Waals surface area (Å²) in [6, 6.07) is 0.475. The third kappa shape index (κ3) is 4.35. The summed E-state index contributed by atoms with van der Waals surface area (Å²) in [6.45, 7) is 4.39. The van der Waals surface area contributed by atoms with Gasteiger partial charge in [0.2, 0.25) is 5.91 Å². The van der Waals surface area contributed by atoms with Crippen LogP contribution in [-0.4, -0.2) is 37.0 Å². The zero-order valence-corrected chi connectivity index (χ0v) is 13.2. The van der Waals surface area contributed by atoms with Crippen LogP contribution in [0.2, 0.25) is 0 Å². The maximum absolute atomic E-state index is 12.5. The largest absolute Gasteiger partial charge is 0.342 e. The van der Waals surface area contributed by atoms with Crippen molar-refractivity contribution < 1.29 is 4.79 Å². The zero-order valence-electron chi connectivity index (χ0n) is 12.4. The Kier molecular flexibility index (Phi) is 7.16. The Hall–Kier alpha value is -0.280. The first-order valence-corrected chi connectivity index (χ1v) is 7.69. The topological polar surface area (TPSA) is 32.3 Å². The van der Waals surface area contributed by atoms with Crippen LogP contribution in [0, 0.1) is 11.8 Å². The van der Waals surface area contributed by atoms with E-state index in [0.717, 1.165) is 44.7 Å². The molecule has 0 bridgehead atoms. The normalized spacial score (nSPS) is 28.5. The maximum Gasteiger partial charge on any atom is 0.225 e. The highest BCUT2D eigenvalue weighted by molar-refractivity contribution is 5.85. The lowest BCUT2D eigenvalue weighted by atomic mass is 9.80. The molecule has 3 nitrogen and oxygen atoms in total. The molecule has 1 heterocycles. The van der Waals surface area contributed by atoms with Crippen molar-refractivity contribution in [2.24, 2.45) is 11.8 Å². The minimum atomic E-state index is 0. The Morgan fingerprint density at radius 3 is 2.21 bits per heavy atom. The predicted molar refractivity (Wildman–Crippen MR) is 81.6 cm³/mol. The van der Waals surface area contributed by atoms with Gasteiger partial charge >= 0.3 is 0 Å². The molecule has 0 radical (unpaired) electrons. The lowest BCUT2D eigenvalue weighted by Gasteiger charge is -2.36. The van der Waals surface area contributed by atoms with Crippen LogP contribution >= 0.6 is 12.4 Å². The molecular weight excluding hydrogens is 260 g/mol. The van der Waals surface area contributed by atoms with E-state index >= 15 is 0 Å². The molecule has 1 aliphatic carbocycles. The first-order chi connectivity index (χ1) is 8.72. The summed E-state index contributed by atoms with van der Waals surface area (Å²) in [4.78, 5) is 14.6. The summed E-state index contributed by atoms with van der Waals surface area (Å²) in [5.74, 6) is 1.60. The molecule has 0 aromatic carbocycles. The van der Waals surface area contributed by atoms with E-state index in [4.69, 9.17) is 0 Å². The number of amides is 1. The molecule has 1 aliphatic heterocycles. The number of hydrogen-bond donors (Lipinski definition) is 1. The van der Waals surface area contributed by atoms with E-state index < -0.39 is 0 Å². The number of hydrogen-bond acceptors (Lipinski definition) is 2. The number of nitrogens with zero attached hydrogens (tertiary/aromatic N) is 1. The van der Waals surface area contributed by atoms with Crippen LogP contribution in [0.5, 0.6) is 0 Å². The fourth-order valence-electron chi connectivity index (χ4n) is 3.48. The zero-order chi connectivity index (χ0) is 13.0. The van der Waals surface area contributed by atoms with E-state index in [2.05, 4.69) is 17.1 Å². The average molecular weight is 289 g/mol. The Morgan fingerprint density at radius 1 is 1.11 bits per heavy atom. The second kappa shape index (κ2) is 8.11. The molecule has 0 unspecified atom stereocenters. The molecule has 4 heteroatoms. The number of nitrogens with one attached hydrogen (secondary N) is 1. The third-order valence-electron chi connectivity index (χ3n) is 4.98. The van der Waals surface area contributed by atoms with Gasteiger partial charge in [0.25, 0.3) is 0 Å². The van der Waals surface area contributed by atoms with Crippen LogP contribution in [0.3, 0.4) is 0 Å². The lowest BCUT2D eigenvalue weighted by Crippen LogP contribution is -2.46.